The fourth-order valence-electron chi connectivity index (χ4n) is 2.29. The first-order valence-corrected chi connectivity index (χ1v) is 6.84. The Labute approximate surface area is 103 Å². The lowest BCUT2D eigenvalue weighted by atomic mass is 9.78. The summed E-state index contributed by atoms with van der Waals surface area (Å²) in [5.74, 6) is 0. The maximum atomic E-state index is 5.88. The van der Waals surface area contributed by atoms with E-state index in [1.54, 1.807) is 0 Å². The van der Waals surface area contributed by atoms with Crippen LogP contribution in [0.25, 0.3) is 0 Å². The Morgan fingerprint density at radius 1 is 0.938 bits per heavy atom. The standard InChI is InChI=1S/C15H32O/c1-8-11-15(6,7)12-10-13(16-9-2)14(3,4)5/h13H,8-12H2,1-7H3. The van der Waals surface area contributed by atoms with E-state index in [4.69, 9.17) is 4.74 Å². The first-order chi connectivity index (χ1) is 7.23. The average Bonchev–Trinajstić information content (AvgIpc) is 2.10. The summed E-state index contributed by atoms with van der Waals surface area (Å²) < 4.78 is 5.88. The zero-order valence-electron chi connectivity index (χ0n) is 12.5. The van der Waals surface area contributed by atoms with Crippen molar-refractivity contribution in [2.24, 2.45) is 10.8 Å². The molecule has 0 fully saturated rings. The van der Waals surface area contributed by atoms with Crippen LogP contribution in [0, 0.1) is 10.8 Å². The number of rotatable bonds is 7. The van der Waals surface area contributed by atoms with Gasteiger partial charge in [-0.25, -0.2) is 0 Å². The molecule has 0 bridgehead atoms. The monoisotopic (exact) mass is 228 g/mol. The van der Waals surface area contributed by atoms with Crippen LogP contribution in [0.3, 0.4) is 0 Å². The minimum absolute atomic E-state index is 0.262. The lowest BCUT2D eigenvalue weighted by molar-refractivity contribution is -0.0233. The molecular formula is C15H32O. The summed E-state index contributed by atoms with van der Waals surface area (Å²) in [6.07, 6.45) is 5.44. The minimum atomic E-state index is 0.262. The van der Waals surface area contributed by atoms with Crippen molar-refractivity contribution in [1.29, 1.82) is 0 Å². The van der Waals surface area contributed by atoms with Gasteiger partial charge in [0, 0.05) is 6.61 Å². The maximum Gasteiger partial charge on any atom is 0.0623 e. The van der Waals surface area contributed by atoms with Crippen LogP contribution in [0.1, 0.15) is 74.1 Å². The number of hydrogen-bond acceptors (Lipinski definition) is 1. The largest absolute Gasteiger partial charge is 0.378 e. The van der Waals surface area contributed by atoms with Crippen LogP contribution in [0.4, 0.5) is 0 Å². The Hall–Kier alpha value is -0.0400. The van der Waals surface area contributed by atoms with Gasteiger partial charge < -0.3 is 4.74 Å². The number of ether oxygens (including phenoxy) is 1. The Balaban J connectivity index is 4.21. The van der Waals surface area contributed by atoms with Crippen molar-refractivity contribution >= 4 is 0 Å². The first kappa shape index (κ1) is 16.0. The zero-order chi connectivity index (χ0) is 12.8. The van der Waals surface area contributed by atoms with Crippen LogP contribution in [0.2, 0.25) is 0 Å². The van der Waals surface area contributed by atoms with Crippen LogP contribution < -0.4 is 0 Å². The molecule has 1 heteroatoms. The van der Waals surface area contributed by atoms with Gasteiger partial charge in [0.15, 0.2) is 0 Å². The van der Waals surface area contributed by atoms with Crippen molar-refractivity contribution < 1.29 is 4.74 Å². The summed E-state index contributed by atoms with van der Waals surface area (Å²) in [6.45, 7) is 16.8. The molecule has 0 saturated heterocycles. The summed E-state index contributed by atoms with van der Waals surface area (Å²) in [4.78, 5) is 0. The molecule has 0 aliphatic carbocycles. The van der Waals surface area contributed by atoms with E-state index in [9.17, 15) is 0 Å². The van der Waals surface area contributed by atoms with Gasteiger partial charge in [-0.1, -0.05) is 48.0 Å². The fourth-order valence-corrected chi connectivity index (χ4v) is 2.29. The molecule has 0 aromatic heterocycles. The Bertz CT molecular complexity index is 176. The van der Waals surface area contributed by atoms with Gasteiger partial charge in [-0.3, -0.25) is 0 Å². The Morgan fingerprint density at radius 3 is 1.88 bits per heavy atom. The van der Waals surface area contributed by atoms with Crippen molar-refractivity contribution in [2.45, 2.75) is 80.3 Å². The molecule has 0 radical (unpaired) electrons. The van der Waals surface area contributed by atoms with Gasteiger partial charge in [-0.05, 0) is 37.0 Å². The predicted molar refractivity (Wildman–Crippen MR) is 72.8 cm³/mol. The summed E-state index contributed by atoms with van der Waals surface area (Å²) in [7, 11) is 0. The molecule has 0 rings (SSSR count). The summed E-state index contributed by atoms with van der Waals surface area (Å²) in [5, 5.41) is 0. The smallest absolute Gasteiger partial charge is 0.0623 e. The van der Waals surface area contributed by atoms with Gasteiger partial charge in [0.25, 0.3) is 0 Å². The number of hydrogen-bond donors (Lipinski definition) is 0. The summed E-state index contributed by atoms with van der Waals surface area (Å²) in [5.41, 5.74) is 0.730. The highest BCUT2D eigenvalue weighted by atomic mass is 16.5. The van der Waals surface area contributed by atoms with E-state index < -0.39 is 0 Å². The van der Waals surface area contributed by atoms with Gasteiger partial charge in [-0.2, -0.15) is 0 Å². The second-order valence-electron chi connectivity index (χ2n) is 6.76. The van der Waals surface area contributed by atoms with E-state index in [0.717, 1.165) is 6.61 Å². The third kappa shape index (κ3) is 6.52. The Kier molecular flexibility index (Phi) is 6.62. The van der Waals surface area contributed by atoms with Crippen LogP contribution in [-0.2, 0) is 4.74 Å². The minimum Gasteiger partial charge on any atom is -0.378 e. The van der Waals surface area contributed by atoms with E-state index in [1.165, 1.54) is 25.7 Å². The highest BCUT2D eigenvalue weighted by Gasteiger charge is 2.27. The van der Waals surface area contributed by atoms with Crippen LogP contribution in [0.5, 0.6) is 0 Å². The van der Waals surface area contributed by atoms with E-state index in [0.29, 0.717) is 11.5 Å². The molecule has 98 valence electrons. The molecule has 0 heterocycles. The molecule has 0 aromatic carbocycles. The fraction of sp³-hybridized carbons (Fsp3) is 1.00. The molecule has 0 N–H and O–H groups in total. The van der Waals surface area contributed by atoms with Crippen molar-refractivity contribution in [2.75, 3.05) is 6.61 Å². The summed E-state index contributed by atoms with van der Waals surface area (Å²) in [6, 6.07) is 0. The SMILES string of the molecule is CCCC(C)(C)CCC(OCC)C(C)(C)C. The molecule has 1 nitrogen and oxygen atoms in total. The average molecular weight is 228 g/mol. The second kappa shape index (κ2) is 6.64. The van der Waals surface area contributed by atoms with Gasteiger partial charge in [-0.15, -0.1) is 0 Å². The molecule has 0 saturated carbocycles. The van der Waals surface area contributed by atoms with Gasteiger partial charge in [0.2, 0.25) is 0 Å². The Morgan fingerprint density at radius 2 is 1.50 bits per heavy atom. The lowest BCUT2D eigenvalue weighted by Gasteiger charge is -2.33. The van der Waals surface area contributed by atoms with E-state index in [-0.39, 0.29) is 5.41 Å². The molecule has 1 atom stereocenters. The van der Waals surface area contributed by atoms with Gasteiger partial charge in [0.05, 0.1) is 6.10 Å². The van der Waals surface area contributed by atoms with Crippen molar-refractivity contribution in [3.05, 3.63) is 0 Å². The second-order valence-corrected chi connectivity index (χ2v) is 6.76. The molecule has 0 aromatic rings. The van der Waals surface area contributed by atoms with Crippen molar-refractivity contribution in [1.82, 2.24) is 0 Å². The van der Waals surface area contributed by atoms with Crippen molar-refractivity contribution in [3.8, 4) is 0 Å². The van der Waals surface area contributed by atoms with Gasteiger partial charge in [0.1, 0.15) is 0 Å². The molecule has 0 spiro atoms. The first-order valence-electron chi connectivity index (χ1n) is 6.84. The summed E-state index contributed by atoms with van der Waals surface area (Å²) >= 11 is 0. The molecule has 0 aliphatic rings. The van der Waals surface area contributed by atoms with E-state index in [2.05, 4.69) is 48.5 Å². The quantitative estimate of drug-likeness (QED) is 0.593. The predicted octanol–water partition coefficient (Wildman–Crippen LogP) is 5.04. The van der Waals surface area contributed by atoms with E-state index >= 15 is 0 Å². The highest BCUT2D eigenvalue weighted by Crippen LogP contribution is 2.33. The van der Waals surface area contributed by atoms with Gasteiger partial charge >= 0.3 is 0 Å². The third-order valence-electron chi connectivity index (χ3n) is 3.34. The maximum absolute atomic E-state index is 5.88. The lowest BCUT2D eigenvalue weighted by Crippen LogP contribution is -2.31. The molecule has 0 aliphatic heterocycles. The van der Waals surface area contributed by atoms with Crippen molar-refractivity contribution in [3.63, 3.8) is 0 Å². The molecule has 0 amide bonds. The normalized spacial score (nSPS) is 15.2. The molecular weight excluding hydrogens is 196 g/mol. The molecule has 1 unspecified atom stereocenters. The van der Waals surface area contributed by atoms with E-state index in [1.807, 2.05) is 0 Å². The zero-order valence-corrected chi connectivity index (χ0v) is 12.5. The third-order valence-corrected chi connectivity index (χ3v) is 3.34. The van der Waals surface area contributed by atoms with Crippen LogP contribution in [-0.4, -0.2) is 12.7 Å². The topological polar surface area (TPSA) is 9.23 Å². The van der Waals surface area contributed by atoms with Crippen LogP contribution in [0.15, 0.2) is 0 Å². The highest BCUT2D eigenvalue weighted by molar-refractivity contribution is 4.78. The molecule has 16 heavy (non-hydrogen) atoms. The van der Waals surface area contributed by atoms with Crippen LogP contribution >= 0.6 is 0 Å².